The van der Waals surface area contributed by atoms with Gasteiger partial charge in [-0.25, -0.2) is 4.98 Å². The molecule has 1 heterocycles. The summed E-state index contributed by atoms with van der Waals surface area (Å²) in [6.45, 7) is 0. The predicted molar refractivity (Wildman–Crippen MR) is 75.3 cm³/mol. The number of thioether (sulfide) groups is 1. The maximum atomic E-state index is 11.8. The number of methoxy groups -OCH3 is 2. The van der Waals surface area contributed by atoms with E-state index < -0.39 is 0 Å². The van der Waals surface area contributed by atoms with Crippen LogP contribution < -0.4 is 14.8 Å². The molecule has 1 amide bonds. The van der Waals surface area contributed by atoms with E-state index >= 15 is 0 Å². The van der Waals surface area contributed by atoms with E-state index in [1.165, 1.54) is 18.1 Å². The molecule has 0 aliphatic rings. The van der Waals surface area contributed by atoms with Crippen molar-refractivity contribution in [3.8, 4) is 11.5 Å². The van der Waals surface area contributed by atoms with Crippen molar-refractivity contribution in [2.24, 2.45) is 0 Å². The summed E-state index contributed by atoms with van der Waals surface area (Å²) in [4.78, 5) is 15.8. The van der Waals surface area contributed by atoms with Gasteiger partial charge in [-0.1, -0.05) is 11.8 Å². The molecule has 0 fully saturated rings. The number of nitrogens with zero attached hydrogens (tertiary/aromatic N) is 2. The van der Waals surface area contributed by atoms with Gasteiger partial charge in [0.25, 0.3) is 0 Å². The zero-order valence-electron chi connectivity index (χ0n) is 11.0. The van der Waals surface area contributed by atoms with Crippen LogP contribution in [0.25, 0.3) is 0 Å². The first-order valence-corrected chi connectivity index (χ1v) is 6.71. The van der Waals surface area contributed by atoms with E-state index in [1.807, 2.05) is 0 Å². The minimum absolute atomic E-state index is 0.151. The molecule has 1 aromatic heterocycles. The van der Waals surface area contributed by atoms with Crippen LogP contribution in [0.3, 0.4) is 0 Å². The molecule has 20 heavy (non-hydrogen) atoms. The molecule has 0 radical (unpaired) electrons. The number of hydrogen-bond acceptors (Lipinski definition) is 6. The lowest BCUT2D eigenvalue weighted by atomic mass is 10.2. The Kier molecular flexibility index (Phi) is 4.83. The van der Waals surface area contributed by atoms with Gasteiger partial charge in [-0.05, 0) is 0 Å². The zero-order chi connectivity index (χ0) is 14.4. The van der Waals surface area contributed by atoms with Gasteiger partial charge in [-0.3, -0.25) is 9.89 Å². The Hall–Kier alpha value is -2.22. The van der Waals surface area contributed by atoms with E-state index in [4.69, 9.17) is 9.47 Å². The molecule has 2 aromatic rings. The third-order valence-corrected chi connectivity index (χ3v) is 3.24. The van der Waals surface area contributed by atoms with E-state index in [0.29, 0.717) is 22.3 Å². The van der Waals surface area contributed by atoms with Crippen LogP contribution in [0, 0.1) is 0 Å². The molecule has 8 heteroatoms. The minimum atomic E-state index is -0.151. The molecule has 1 aromatic carbocycles. The van der Waals surface area contributed by atoms with Crippen molar-refractivity contribution in [3.05, 3.63) is 24.5 Å². The van der Waals surface area contributed by atoms with E-state index in [2.05, 4.69) is 20.5 Å². The number of H-pyrrole nitrogens is 1. The normalized spacial score (nSPS) is 10.1. The average Bonchev–Trinajstić information content (AvgIpc) is 2.98. The quantitative estimate of drug-likeness (QED) is 0.786. The number of carbonyl (C=O) groups excluding carboxylic acids is 1. The number of aromatic amines is 1. The smallest absolute Gasteiger partial charge is 0.234 e. The van der Waals surface area contributed by atoms with Crippen molar-refractivity contribution in [1.29, 1.82) is 0 Å². The number of benzene rings is 1. The summed E-state index contributed by atoms with van der Waals surface area (Å²) in [5.41, 5.74) is 0.615. The van der Waals surface area contributed by atoms with Gasteiger partial charge in [0.15, 0.2) is 5.16 Å². The molecule has 0 atom stereocenters. The summed E-state index contributed by atoms with van der Waals surface area (Å²) < 4.78 is 10.3. The topological polar surface area (TPSA) is 89.1 Å². The molecule has 0 saturated carbocycles. The second-order valence-electron chi connectivity index (χ2n) is 3.73. The standard InChI is InChI=1S/C12H14N4O3S/c1-18-9-3-8(4-10(5-9)19-2)15-11(17)6-20-12-13-7-14-16-12/h3-5,7H,6H2,1-2H3,(H,15,17)(H,13,14,16). The maximum absolute atomic E-state index is 11.8. The van der Waals surface area contributed by atoms with Crippen LogP contribution in [0.4, 0.5) is 5.69 Å². The fourth-order valence-electron chi connectivity index (χ4n) is 1.47. The van der Waals surface area contributed by atoms with Crippen LogP contribution in [-0.2, 0) is 4.79 Å². The Morgan fingerprint density at radius 1 is 1.30 bits per heavy atom. The second kappa shape index (κ2) is 6.80. The highest BCUT2D eigenvalue weighted by Gasteiger charge is 2.07. The Bertz CT molecular complexity index is 552. The molecule has 0 bridgehead atoms. The van der Waals surface area contributed by atoms with Crippen LogP contribution in [0.2, 0.25) is 0 Å². The van der Waals surface area contributed by atoms with Gasteiger partial charge in [-0.2, -0.15) is 5.10 Å². The highest BCUT2D eigenvalue weighted by molar-refractivity contribution is 7.99. The lowest BCUT2D eigenvalue weighted by Crippen LogP contribution is -2.14. The van der Waals surface area contributed by atoms with Crippen molar-refractivity contribution in [3.63, 3.8) is 0 Å². The van der Waals surface area contributed by atoms with Crippen molar-refractivity contribution >= 4 is 23.4 Å². The number of rotatable bonds is 6. The summed E-state index contributed by atoms with van der Waals surface area (Å²) >= 11 is 1.27. The van der Waals surface area contributed by atoms with Crippen molar-refractivity contribution in [1.82, 2.24) is 15.2 Å². The Labute approximate surface area is 120 Å². The molecule has 7 nitrogen and oxygen atoms in total. The lowest BCUT2D eigenvalue weighted by molar-refractivity contribution is -0.113. The first kappa shape index (κ1) is 14.2. The summed E-state index contributed by atoms with van der Waals surface area (Å²) in [6, 6.07) is 5.18. The van der Waals surface area contributed by atoms with Crippen molar-refractivity contribution < 1.29 is 14.3 Å². The number of amides is 1. The van der Waals surface area contributed by atoms with Crippen LogP contribution in [0.1, 0.15) is 0 Å². The van der Waals surface area contributed by atoms with Gasteiger partial charge in [-0.15, -0.1) is 0 Å². The first-order valence-electron chi connectivity index (χ1n) is 5.72. The van der Waals surface area contributed by atoms with Gasteiger partial charge in [0, 0.05) is 23.9 Å². The summed E-state index contributed by atoms with van der Waals surface area (Å²) in [7, 11) is 3.11. The van der Waals surface area contributed by atoms with E-state index in [0.717, 1.165) is 0 Å². The maximum Gasteiger partial charge on any atom is 0.234 e. The molecular weight excluding hydrogens is 280 g/mol. The molecule has 0 aliphatic carbocycles. The zero-order valence-corrected chi connectivity index (χ0v) is 11.9. The Morgan fingerprint density at radius 2 is 2.00 bits per heavy atom. The number of carbonyl (C=O) groups is 1. The second-order valence-corrected chi connectivity index (χ2v) is 4.69. The molecule has 0 spiro atoms. The highest BCUT2D eigenvalue weighted by atomic mass is 32.2. The summed E-state index contributed by atoms with van der Waals surface area (Å²) in [5, 5.41) is 9.75. The van der Waals surface area contributed by atoms with Gasteiger partial charge in [0.2, 0.25) is 5.91 Å². The van der Waals surface area contributed by atoms with Crippen LogP contribution in [0.5, 0.6) is 11.5 Å². The number of aromatic nitrogens is 3. The third-order valence-electron chi connectivity index (χ3n) is 2.37. The summed E-state index contributed by atoms with van der Waals surface area (Å²) in [6.07, 6.45) is 1.40. The minimum Gasteiger partial charge on any atom is -0.497 e. The Balaban J connectivity index is 1.96. The van der Waals surface area contributed by atoms with Gasteiger partial charge in [0.1, 0.15) is 17.8 Å². The summed E-state index contributed by atoms with van der Waals surface area (Å²) in [5.74, 6) is 1.31. The monoisotopic (exact) mass is 294 g/mol. The first-order chi connectivity index (χ1) is 9.71. The van der Waals surface area contributed by atoms with E-state index in [-0.39, 0.29) is 11.7 Å². The lowest BCUT2D eigenvalue weighted by Gasteiger charge is -2.09. The highest BCUT2D eigenvalue weighted by Crippen LogP contribution is 2.26. The number of hydrogen-bond donors (Lipinski definition) is 2. The van der Waals surface area contributed by atoms with Crippen LogP contribution in [0.15, 0.2) is 29.7 Å². The van der Waals surface area contributed by atoms with E-state index in [1.54, 1.807) is 32.4 Å². The van der Waals surface area contributed by atoms with E-state index in [9.17, 15) is 4.79 Å². The number of ether oxygens (including phenoxy) is 2. The molecule has 2 N–H and O–H groups in total. The third kappa shape index (κ3) is 3.89. The van der Waals surface area contributed by atoms with Crippen molar-refractivity contribution in [2.45, 2.75) is 5.16 Å². The van der Waals surface area contributed by atoms with Gasteiger partial charge in [0.05, 0.1) is 20.0 Å². The average molecular weight is 294 g/mol. The SMILES string of the molecule is COc1cc(NC(=O)CSc2ncn[nH]2)cc(OC)c1. The van der Waals surface area contributed by atoms with Crippen molar-refractivity contribution in [2.75, 3.05) is 25.3 Å². The van der Waals surface area contributed by atoms with Gasteiger partial charge >= 0.3 is 0 Å². The molecule has 0 saturated heterocycles. The molecule has 0 unspecified atom stereocenters. The number of nitrogens with one attached hydrogen (secondary N) is 2. The van der Waals surface area contributed by atoms with Gasteiger partial charge < -0.3 is 14.8 Å². The fourth-order valence-corrected chi connectivity index (χ4v) is 2.05. The van der Waals surface area contributed by atoms with Crippen LogP contribution in [-0.4, -0.2) is 41.1 Å². The largest absolute Gasteiger partial charge is 0.497 e. The molecule has 106 valence electrons. The molecular formula is C12H14N4O3S. The van der Waals surface area contributed by atoms with Crippen LogP contribution >= 0.6 is 11.8 Å². The predicted octanol–water partition coefficient (Wildman–Crippen LogP) is 1.55. The molecule has 2 rings (SSSR count). The number of anilines is 1. The fraction of sp³-hybridized carbons (Fsp3) is 0.250. The Morgan fingerprint density at radius 3 is 2.55 bits per heavy atom. The molecule has 0 aliphatic heterocycles.